The zero-order valence-corrected chi connectivity index (χ0v) is 13.4. The third-order valence-corrected chi connectivity index (χ3v) is 3.45. The zero-order valence-electron chi connectivity index (χ0n) is 13.4. The molecular weight excluding hydrogens is 268 g/mol. The van der Waals surface area contributed by atoms with E-state index >= 15 is 0 Å². The average molecular weight is 298 g/mol. The molecule has 1 unspecified atom stereocenters. The summed E-state index contributed by atoms with van der Waals surface area (Å²) in [5.41, 5.74) is 0. The molecule has 0 saturated carbocycles. The summed E-state index contributed by atoms with van der Waals surface area (Å²) in [4.78, 5) is 11.1. The van der Waals surface area contributed by atoms with E-state index < -0.39 is 0 Å². The summed E-state index contributed by atoms with van der Waals surface area (Å²) in [6.07, 6.45) is 13.5. The molecule has 21 heavy (non-hydrogen) atoms. The molecule has 1 aliphatic rings. The molecule has 122 valence electrons. The van der Waals surface area contributed by atoms with Crippen molar-refractivity contribution in [2.75, 3.05) is 19.8 Å². The van der Waals surface area contributed by atoms with Crippen molar-refractivity contribution in [3.8, 4) is 0 Å². The van der Waals surface area contributed by atoms with Crippen LogP contribution in [-0.4, -0.2) is 32.1 Å². The van der Waals surface area contributed by atoms with E-state index in [-0.39, 0.29) is 12.3 Å². The van der Waals surface area contributed by atoms with Crippen LogP contribution < -0.4 is 0 Å². The van der Waals surface area contributed by atoms with E-state index in [2.05, 4.69) is 12.2 Å². The maximum Gasteiger partial charge on any atom is 0.305 e. The van der Waals surface area contributed by atoms with Crippen LogP contribution in [0.25, 0.3) is 0 Å². The van der Waals surface area contributed by atoms with Gasteiger partial charge < -0.3 is 14.2 Å². The molecule has 0 amide bonds. The molecule has 0 aromatic heterocycles. The van der Waals surface area contributed by atoms with Crippen molar-refractivity contribution < 1.29 is 19.0 Å². The predicted octanol–water partition coefficient (Wildman–Crippen LogP) is 3.99. The van der Waals surface area contributed by atoms with Crippen LogP contribution in [0.4, 0.5) is 0 Å². The smallest absolute Gasteiger partial charge is 0.305 e. The van der Waals surface area contributed by atoms with Gasteiger partial charge >= 0.3 is 5.97 Å². The lowest BCUT2D eigenvalue weighted by atomic mass is 10.1. The second kappa shape index (κ2) is 12.8. The third kappa shape index (κ3) is 10.5. The van der Waals surface area contributed by atoms with Gasteiger partial charge in [-0.05, 0) is 51.9 Å². The summed E-state index contributed by atoms with van der Waals surface area (Å²) in [6, 6.07) is 0. The second-order valence-corrected chi connectivity index (χ2v) is 5.33. The van der Waals surface area contributed by atoms with Gasteiger partial charge in [-0.2, -0.15) is 0 Å². The van der Waals surface area contributed by atoms with Gasteiger partial charge in [0, 0.05) is 13.0 Å². The molecule has 0 bridgehead atoms. The number of esters is 1. The third-order valence-electron chi connectivity index (χ3n) is 3.45. The normalized spacial score (nSPS) is 19.0. The fourth-order valence-electron chi connectivity index (χ4n) is 2.29. The Bertz CT molecular complexity index is 283. The molecule has 1 saturated heterocycles. The topological polar surface area (TPSA) is 44.8 Å². The Labute approximate surface area is 128 Å². The second-order valence-electron chi connectivity index (χ2n) is 5.33. The predicted molar refractivity (Wildman–Crippen MR) is 83.0 cm³/mol. The van der Waals surface area contributed by atoms with Gasteiger partial charge in [0.25, 0.3) is 0 Å². The van der Waals surface area contributed by atoms with Gasteiger partial charge in [0.05, 0.1) is 13.2 Å². The Morgan fingerprint density at radius 2 is 2.05 bits per heavy atom. The van der Waals surface area contributed by atoms with Gasteiger partial charge in [0.1, 0.15) is 0 Å². The molecule has 1 heterocycles. The largest absolute Gasteiger partial charge is 0.466 e. The van der Waals surface area contributed by atoms with Gasteiger partial charge in [0.2, 0.25) is 0 Å². The van der Waals surface area contributed by atoms with Crippen molar-refractivity contribution in [2.24, 2.45) is 0 Å². The number of carbonyl (C=O) groups excluding carboxylic acids is 1. The summed E-state index contributed by atoms with van der Waals surface area (Å²) in [7, 11) is 0. The van der Waals surface area contributed by atoms with Crippen LogP contribution >= 0.6 is 0 Å². The molecule has 1 atom stereocenters. The van der Waals surface area contributed by atoms with E-state index in [4.69, 9.17) is 14.2 Å². The number of ether oxygens (including phenoxy) is 3. The number of carbonyl (C=O) groups is 1. The zero-order chi connectivity index (χ0) is 15.2. The van der Waals surface area contributed by atoms with Crippen molar-refractivity contribution in [3.05, 3.63) is 12.2 Å². The summed E-state index contributed by atoms with van der Waals surface area (Å²) >= 11 is 0. The van der Waals surface area contributed by atoms with Crippen LogP contribution in [0, 0.1) is 0 Å². The van der Waals surface area contributed by atoms with E-state index in [1.807, 2.05) is 6.92 Å². The fraction of sp³-hybridized carbons (Fsp3) is 0.824. The summed E-state index contributed by atoms with van der Waals surface area (Å²) in [5.74, 6) is -0.0740. The van der Waals surface area contributed by atoms with Gasteiger partial charge in [-0.25, -0.2) is 0 Å². The van der Waals surface area contributed by atoms with Crippen LogP contribution in [0.1, 0.15) is 64.7 Å². The number of allylic oxidation sites excluding steroid dienone is 1. The van der Waals surface area contributed by atoms with Gasteiger partial charge in [-0.1, -0.05) is 18.6 Å². The van der Waals surface area contributed by atoms with E-state index in [0.29, 0.717) is 13.0 Å². The van der Waals surface area contributed by atoms with Gasteiger partial charge in [-0.3, -0.25) is 4.79 Å². The van der Waals surface area contributed by atoms with Crippen LogP contribution in [0.2, 0.25) is 0 Å². The first-order valence-electron chi connectivity index (χ1n) is 8.36. The fourth-order valence-corrected chi connectivity index (χ4v) is 2.29. The van der Waals surface area contributed by atoms with Crippen molar-refractivity contribution in [2.45, 2.75) is 71.0 Å². The van der Waals surface area contributed by atoms with E-state index in [0.717, 1.165) is 58.2 Å². The molecular formula is C17H30O4. The molecule has 1 aliphatic heterocycles. The molecule has 1 rings (SSSR count). The van der Waals surface area contributed by atoms with Crippen molar-refractivity contribution in [1.29, 1.82) is 0 Å². The minimum Gasteiger partial charge on any atom is -0.466 e. The molecule has 0 aromatic carbocycles. The molecule has 0 N–H and O–H groups in total. The Morgan fingerprint density at radius 1 is 1.19 bits per heavy atom. The van der Waals surface area contributed by atoms with Crippen molar-refractivity contribution in [3.63, 3.8) is 0 Å². The van der Waals surface area contributed by atoms with E-state index in [1.165, 1.54) is 6.42 Å². The highest BCUT2D eigenvalue weighted by molar-refractivity contribution is 5.69. The quantitative estimate of drug-likeness (QED) is 0.329. The van der Waals surface area contributed by atoms with Gasteiger partial charge in [-0.15, -0.1) is 0 Å². The number of hydrogen-bond donors (Lipinski definition) is 0. The summed E-state index contributed by atoms with van der Waals surface area (Å²) in [5, 5.41) is 0. The van der Waals surface area contributed by atoms with Crippen LogP contribution in [0.3, 0.4) is 0 Å². The Kier molecular flexibility index (Phi) is 11.1. The van der Waals surface area contributed by atoms with Crippen LogP contribution in [-0.2, 0) is 19.0 Å². The first-order valence-corrected chi connectivity index (χ1v) is 8.36. The van der Waals surface area contributed by atoms with Gasteiger partial charge in [0.15, 0.2) is 6.29 Å². The lowest BCUT2D eigenvalue weighted by Gasteiger charge is -2.22. The van der Waals surface area contributed by atoms with E-state index in [1.54, 1.807) is 0 Å². The Morgan fingerprint density at radius 3 is 2.81 bits per heavy atom. The monoisotopic (exact) mass is 298 g/mol. The maximum absolute atomic E-state index is 11.1. The molecule has 1 fully saturated rings. The number of hydrogen-bond acceptors (Lipinski definition) is 4. The molecule has 4 heteroatoms. The first-order chi connectivity index (χ1) is 10.3. The summed E-state index contributed by atoms with van der Waals surface area (Å²) < 4.78 is 16.0. The molecule has 0 aromatic rings. The lowest BCUT2D eigenvalue weighted by Crippen LogP contribution is -2.22. The Balaban J connectivity index is 1.83. The molecule has 0 spiro atoms. The number of rotatable bonds is 11. The van der Waals surface area contributed by atoms with Crippen molar-refractivity contribution >= 4 is 5.97 Å². The lowest BCUT2D eigenvalue weighted by molar-refractivity contribution is -0.161. The minimum atomic E-state index is -0.0740. The SMILES string of the molecule is CCOC(=O)CCCCC/C=C/CCOC1CCCCO1. The van der Waals surface area contributed by atoms with E-state index in [9.17, 15) is 4.79 Å². The highest BCUT2D eigenvalue weighted by atomic mass is 16.7. The molecule has 4 nitrogen and oxygen atoms in total. The Hall–Kier alpha value is -0.870. The highest BCUT2D eigenvalue weighted by Gasteiger charge is 2.12. The van der Waals surface area contributed by atoms with Crippen LogP contribution in [0.5, 0.6) is 0 Å². The molecule has 0 radical (unpaired) electrons. The standard InChI is InChI=1S/C17H30O4/c1-2-19-16(18)12-8-6-4-3-5-7-10-14-20-17-13-9-11-15-21-17/h5,7,17H,2-4,6,8-15H2,1H3/b7-5+. The highest BCUT2D eigenvalue weighted by Crippen LogP contribution is 2.13. The van der Waals surface area contributed by atoms with Crippen LogP contribution in [0.15, 0.2) is 12.2 Å². The molecule has 0 aliphatic carbocycles. The summed E-state index contributed by atoms with van der Waals surface area (Å²) in [6.45, 7) is 3.90. The maximum atomic E-state index is 11.1. The van der Waals surface area contributed by atoms with Crippen molar-refractivity contribution in [1.82, 2.24) is 0 Å². The first kappa shape index (κ1) is 18.2. The average Bonchev–Trinajstić information content (AvgIpc) is 2.50. The minimum absolute atomic E-state index is 0.0232. The number of unbranched alkanes of at least 4 members (excludes halogenated alkanes) is 3.